The molecule has 1 aliphatic heterocycles. The SMILES string of the molecule is CC(C)(C)NC(=O)C1CCCN(c2nc(-c3ccc(C(=O)Nc4ccccn4)cc3)c3c(N)nccn23)C1. The summed E-state index contributed by atoms with van der Waals surface area (Å²) in [4.78, 5) is 41.1. The lowest BCUT2D eigenvalue weighted by Crippen LogP contribution is -2.49. The van der Waals surface area contributed by atoms with Gasteiger partial charge >= 0.3 is 0 Å². The van der Waals surface area contributed by atoms with Crippen LogP contribution in [-0.2, 0) is 4.79 Å². The zero-order chi connectivity index (χ0) is 26.9. The molecule has 0 bridgehead atoms. The number of hydrogen-bond acceptors (Lipinski definition) is 7. The summed E-state index contributed by atoms with van der Waals surface area (Å²) < 4.78 is 1.93. The number of benzene rings is 1. The van der Waals surface area contributed by atoms with Crippen molar-refractivity contribution in [3.05, 3.63) is 66.6 Å². The highest BCUT2D eigenvalue weighted by Gasteiger charge is 2.30. The number of carbonyl (C=O) groups is 2. The highest BCUT2D eigenvalue weighted by molar-refractivity contribution is 6.04. The first-order chi connectivity index (χ1) is 18.2. The number of nitrogens with zero attached hydrogens (tertiary/aromatic N) is 5. The van der Waals surface area contributed by atoms with Gasteiger partial charge in [0, 0.05) is 48.3 Å². The van der Waals surface area contributed by atoms with E-state index in [1.807, 2.05) is 49.6 Å². The fourth-order valence-corrected chi connectivity index (χ4v) is 4.72. The number of amides is 2. The third-order valence-electron chi connectivity index (χ3n) is 6.46. The van der Waals surface area contributed by atoms with Gasteiger partial charge in [0.25, 0.3) is 5.91 Å². The number of piperidine rings is 1. The summed E-state index contributed by atoms with van der Waals surface area (Å²) >= 11 is 0. The van der Waals surface area contributed by atoms with E-state index >= 15 is 0 Å². The van der Waals surface area contributed by atoms with Gasteiger partial charge in [-0.2, -0.15) is 0 Å². The first-order valence-corrected chi connectivity index (χ1v) is 12.7. The average molecular weight is 513 g/mol. The van der Waals surface area contributed by atoms with E-state index in [1.165, 1.54) is 0 Å². The van der Waals surface area contributed by atoms with E-state index in [2.05, 4.69) is 25.5 Å². The van der Waals surface area contributed by atoms with E-state index in [9.17, 15) is 9.59 Å². The van der Waals surface area contributed by atoms with Crippen LogP contribution >= 0.6 is 0 Å². The van der Waals surface area contributed by atoms with Gasteiger partial charge in [-0.3, -0.25) is 14.0 Å². The van der Waals surface area contributed by atoms with Gasteiger partial charge < -0.3 is 21.3 Å². The van der Waals surface area contributed by atoms with Crippen molar-refractivity contribution in [1.82, 2.24) is 24.7 Å². The third kappa shape index (κ3) is 5.29. The molecule has 0 radical (unpaired) electrons. The molecule has 38 heavy (non-hydrogen) atoms. The normalized spacial score (nSPS) is 15.9. The maximum Gasteiger partial charge on any atom is 0.256 e. The minimum Gasteiger partial charge on any atom is -0.382 e. The van der Waals surface area contributed by atoms with Gasteiger partial charge in [0.1, 0.15) is 22.8 Å². The topological polar surface area (TPSA) is 131 Å². The van der Waals surface area contributed by atoms with Gasteiger partial charge in [-0.05, 0) is 57.9 Å². The number of nitrogens with one attached hydrogen (secondary N) is 2. The van der Waals surface area contributed by atoms with Gasteiger partial charge in [0.15, 0.2) is 0 Å². The van der Waals surface area contributed by atoms with Crippen LogP contribution in [0.3, 0.4) is 0 Å². The molecule has 1 saturated heterocycles. The summed E-state index contributed by atoms with van der Waals surface area (Å²) in [5.41, 5.74) is 8.70. The number of nitrogens with two attached hydrogens (primary N) is 1. The Labute approximate surface area is 221 Å². The Bertz CT molecular complexity index is 1460. The van der Waals surface area contributed by atoms with Crippen LogP contribution in [0.15, 0.2) is 61.1 Å². The molecule has 4 aromatic rings. The van der Waals surface area contributed by atoms with E-state index in [0.29, 0.717) is 40.9 Å². The Morgan fingerprint density at radius 3 is 2.55 bits per heavy atom. The van der Waals surface area contributed by atoms with E-state index in [1.54, 1.807) is 36.7 Å². The van der Waals surface area contributed by atoms with Crippen LogP contribution < -0.4 is 21.3 Å². The Kier molecular flexibility index (Phi) is 6.71. The highest BCUT2D eigenvalue weighted by Crippen LogP contribution is 2.33. The molecule has 1 fully saturated rings. The zero-order valence-corrected chi connectivity index (χ0v) is 21.8. The smallest absolute Gasteiger partial charge is 0.256 e. The van der Waals surface area contributed by atoms with Gasteiger partial charge in [0.05, 0.1) is 5.92 Å². The molecule has 0 saturated carbocycles. The quantitative estimate of drug-likeness (QED) is 0.371. The lowest BCUT2D eigenvalue weighted by molar-refractivity contribution is -0.126. The molecule has 0 aliphatic carbocycles. The number of rotatable bonds is 5. The fraction of sp³-hybridized carbons (Fsp3) is 0.321. The Morgan fingerprint density at radius 2 is 1.84 bits per heavy atom. The second-order valence-electron chi connectivity index (χ2n) is 10.6. The van der Waals surface area contributed by atoms with Gasteiger partial charge in [-0.15, -0.1) is 0 Å². The second-order valence-corrected chi connectivity index (χ2v) is 10.6. The third-order valence-corrected chi connectivity index (χ3v) is 6.46. The fourth-order valence-electron chi connectivity index (χ4n) is 4.72. The van der Waals surface area contributed by atoms with E-state index < -0.39 is 0 Å². The number of hydrogen-bond donors (Lipinski definition) is 3. The number of fused-ring (bicyclic) bond motifs is 1. The molecule has 3 aromatic heterocycles. The number of pyridine rings is 1. The van der Waals surface area contributed by atoms with Gasteiger partial charge in [-0.1, -0.05) is 18.2 Å². The van der Waals surface area contributed by atoms with Crippen molar-refractivity contribution in [2.45, 2.75) is 39.2 Å². The number of aromatic nitrogens is 4. The zero-order valence-electron chi connectivity index (χ0n) is 21.8. The van der Waals surface area contributed by atoms with Crippen LogP contribution in [0.2, 0.25) is 0 Å². The standard InChI is InChI=1S/C28H32N8O2/c1-28(2,3)34-26(38)20-7-6-15-35(17-20)27-33-22(23-24(29)31-14-16-36(23)27)18-9-11-19(12-10-18)25(37)32-21-8-4-5-13-30-21/h4-5,8-14,16,20H,6-7,15,17H2,1-3H3,(H2,29,31)(H,34,38)(H,30,32,37). The Morgan fingerprint density at radius 1 is 1.05 bits per heavy atom. The number of carbonyl (C=O) groups excluding carboxylic acids is 2. The van der Waals surface area contributed by atoms with Crippen molar-refractivity contribution in [3.8, 4) is 11.3 Å². The lowest BCUT2D eigenvalue weighted by atomic mass is 9.96. The molecule has 1 aliphatic rings. The second kappa shape index (κ2) is 10.1. The molecule has 196 valence electrons. The summed E-state index contributed by atoms with van der Waals surface area (Å²) in [6.07, 6.45) is 6.83. The van der Waals surface area contributed by atoms with E-state index in [0.717, 1.165) is 24.9 Å². The molecule has 4 N–H and O–H groups in total. The van der Waals surface area contributed by atoms with Crippen molar-refractivity contribution in [2.24, 2.45) is 5.92 Å². The monoisotopic (exact) mass is 512 g/mol. The van der Waals surface area contributed by atoms with Crippen LogP contribution in [-0.4, -0.2) is 49.8 Å². The van der Waals surface area contributed by atoms with Crippen LogP contribution in [0, 0.1) is 5.92 Å². The first-order valence-electron chi connectivity index (χ1n) is 12.7. The Hall–Kier alpha value is -4.47. The minimum atomic E-state index is -0.284. The van der Waals surface area contributed by atoms with Crippen LogP contribution in [0.1, 0.15) is 44.0 Å². The van der Waals surface area contributed by atoms with Gasteiger partial charge in [0.2, 0.25) is 11.9 Å². The molecule has 0 spiro atoms. The summed E-state index contributed by atoms with van der Waals surface area (Å²) in [7, 11) is 0. The molecule has 1 atom stereocenters. The van der Waals surface area contributed by atoms with Crippen LogP contribution in [0.5, 0.6) is 0 Å². The number of nitrogen functional groups attached to an aromatic ring is 1. The van der Waals surface area contributed by atoms with Crippen LogP contribution in [0.4, 0.5) is 17.6 Å². The maximum atomic E-state index is 12.9. The predicted molar refractivity (Wildman–Crippen MR) is 148 cm³/mol. The molecular weight excluding hydrogens is 480 g/mol. The predicted octanol–water partition coefficient (Wildman–Crippen LogP) is 3.76. The van der Waals surface area contributed by atoms with Gasteiger partial charge in [-0.25, -0.2) is 15.0 Å². The first kappa shape index (κ1) is 25.2. The molecule has 1 aromatic carbocycles. The van der Waals surface area contributed by atoms with Crippen molar-refractivity contribution in [3.63, 3.8) is 0 Å². The van der Waals surface area contributed by atoms with Crippen molar-refractivity contribution < 1.29 is 9.59 Å². The summed E-state index contributed by atoms with van der Waals surface area (Å²) in [5.74, 6) is 1.24. The van der Waals surface area contributed by atoms with Crippen molar-refractivity contribution >= 4 is 34.9 Å². The summed E-state index contributed by atoms with van der Waals surface area (Å²) in [5, 5.41) is 5.90. The molecule has 2 amide bonds. The van der Waals surface area contributed by atoms with E-state index in [-0.39, 0.29) is 23.3 Å². The molecule has 4 heterocycles. The number of anilines is 3. The summed E-state index contributed by atoms with van der Waals surface area (Å²) in [6, 6.07) is 12.5. The summed E-state index contributed by atoms with van der Waals surface area (Å²) in [6.45, 7) is 7.32. The molecule has 5 rings (SSSR count). The highest BCUT2D eigenvalue weighted by atomic mass is 16.2. The van der Waals surface area contributed by atoms with Crippen LogP contribution in [0.25, 0.3) is 16.8 Å². The van der Waals surface area contributed by atoms with Crippen molar-refractivity contribution in [1.29, 1.82) is 0 Å². The van der Waals surface area contributed by atoms with E-state index in [4.69, 9.17) is 10.7 Å². The molecule has 1 unspecified atom stereocenters. The Balaban J connectivity index is 1.43. The maximum absolute atomic E-state index is 12.9. The lowest BCUT2D eigenvalue weighted by Gasteiger charge is -2.34. The largest absolute Gasteiger partial charge is 0.382 e. The minimum absolute atomic E-state index is 0.0593. The van der Waals surface area contributed by atoms with Crippen molar-refractivity contribution in [2.75, 3.05) is 29.0 Å². The molecule has 10 heteroatoms. The molecule has 10 nitrogen and oxygen atoms in total. The average Bonchev–Trinajstić information content (AvgIpc) is 3.29. The molecular formula is C28H32N8O2. The number of imidazole rings is 1.